The molecule has 128 valence electrons. The van der Waals surface area contributed by atoms with Gasteiger partial charge in [-0.3, -0.25) is 10.00 Å². The number of ether oxygens (including phenoxy) is 2. The Kier molecular flexibility index (Phi) is 4.12. The zero-order valence-electron chi connectivity index (χ0n) is 13.5. The summed E-state index contributed by atoms with van der Waals surface area (Å²) in [5.41, 5.74) is 3.03. The van der Waals surface area contributed by atoms with Gasteiger partial charge < -0.3 is 14.6 Å². The van der Waals surface area contributed by atoms with Crippen LogP contribution >= 0.6 is 11.6 Å². The van der Waals surface area contributed by atoms with E-state index < -0.39 is 0 Å². The Hall–Kier alpha value is -1.76. The highest BCUT2D eigenvalue weighted by Gasteiger charge is 2.32. The average Bonchev–Trinajstić information content (AvgIpc) is 3.22. The van der Waals surface area contributed by atoms with Crippen molar-refractivity contribution in [2.24, 2.45) is 5.92 Å². The molecule has 2 aliphatic rings. The number of benzene rings is 1. The van der Waals surface area contributed by atoms with E-state index in [-0.39, 0.29) is 18.8 Å². The second kappa shape index (κ2) is 6.27. The van der Waals surface area contributed by atoms with Gasteiger partial charge in [-0.05, 0) is 31.0 Å². The number of hydrogen-bond acceptors (Lipinski definition) is 5. The molecule has 7 heteroatoms. The minimum Gasteiger partial charge on any atom is -0.454 e. The molecule has 1 fully saturated rings. The van der Waals surface area contributed by atoms with Gasteiger partial charge in [0.2, 0.25) is 6.79 Å². The Labute approximate surface area is 145 Å². The molecular weight excluding hydrogens is 330 g/mol. The smallest absolute Gasteiger partial charge is 0.231 e. The molecular formula is C17H20ClN3O3. The number of fused-ring (bicyclic) bond motifs is 1. The standard InChI is InChI=1S/C17H20ClN3O3/c1-10-2-13(20-19-10)3-12-7-21(8-15(12)22)6-11-4-16-17(5-14(11)18)24-9-23-16/h2,4-5,12,15,22H,3,6-9H2,1H3,(H,19,20)/t12-,15-/m1/s1. The number of hydrogen-bond donors (Lipinski definition) is 2. The van der Waals surface area contributed by atoms with Gasteiger partial charge in [0.25, 0.3) is 0 Å². The number of aryl methyl sites for hydroxylation is 1. The monoisotopic (exact) mass is 349 g/mol. The van der Waals surface area contributed by atoms with Gasteiger partial charge in [-0.1, -0.05) is 11.6 Å². The van der Waals surface area contributed by atoms with E-state index in [1.165, 1.54) is 0 Å². The predicted octanol–water partition coefficient (Wildman–Crippen LogP) is 2.14. The minimum absolute atomic E-state index is 0.181. The van der Waals surface area contributed by atoms with Gasteiger partial charge in [-0.15, -0.1) is 0 Å². The number of nitrogens with zero attached hydrogens (tertiary/aromatic N) is 2. The number of H-pyrrole nitrogens is 1. The van der Waals surface area contributed by atoms with E-state index >= 15 is 0 Å². The minimum atomic E-state index is -0.352. The fourth-order valence-electron chi connectivity index (χ4n) is 3.44. The van der Waals surface area contributed by atoms with Crippen LogP contribution in [-0.4, -0.2) is 46.2 Å². The number of aliphatic hydroxyl groups excluding tert-OH is 1. The molecule has 0 bridgehead atoms. The topological polar surface area (TPSA) is 70.6 Å². The molecule has 2 aromatic rings. The van der Waals surface area contributed by atoms with Gasteiger partial charge in [-0.2, -0.15) is 5.10 Å². The van der Waals surface area contributed by atoms with Gasteiger partial charge in [-0.25, -0.2) is 0 Å². The molecule has 3 heterocycles. The van der Waals surface area contributed by atoms with Crippen molar-refractivity contribution in [3.63, 3.8) is 0 Å². The van der Waals surface area contributed by atoms with Crippen molar-refractivity contribution >= 4 is 11.6 Å². The number of nitrogens with one attached hydrogen (secondary N) is 1. The molecule has 0 aliphatic carbocycles. The molecule has 1 aromatic heterocycles. The van der Waals surface area contributed by atoms with E-state index in [1.807, 2.05) is 19.1 Å². The lowest BCUT2D eigenvalue weighted by atomic mass is 10.0. The molecule has 6 nitrogen and oxygen atoms in total. The van der Waals surface area contributed by atoms with Crippen molar-refractivity contribution < 1.29 is 14.6 Å². The summed E-state index contributed by atoms with van der Waals surface area (Å²) >= 11 is 6.35. The van der Waals surface area contributed by atoms with Crippen molar-refractivity contribution in [1.29, 1.82) is 0 Å². The van der Waals surface area contributed by atoms with Crippen LogP contribution in [0.25, 0.3) is 0 Å². The number of β-amino-alcohol motifs (C(OH)–C–C–N with tert-alkyl or cyclic N) is 1. The van der Waals surface area contributed by atoms with Crippen LogP contribution in [0.4, 0.5) is 0 Å². The number of likely N-dealkylation sites (tertiary alicyclic amines) is 1. The van der Waals surface area contributed by atoms with Gasteiger partial charge in [0, 0.05) is 42.3 Å². The number of aromatic amines is 1. The Morgan fingerprint density at radius 1 is 1.29 bits per heavy atom. The summed E-state index contributed by atoms with van der Waals surface area (Å²) < 4.78 is 10.8. The van der Waals surface area contributed by atoms with E-state index in [0.29, 0.717) is 23.9 Å². The number of halogens is 1. The van der Waals surface area contributed by atoms with Crippen molar-refractivity contribution in [2.45, 2.75) is 26.0 Å². The van der Waals surface area contributed by atoms with Crippen LogP contribution in [0.15, 0.2) is 18.2 Å². The summed E-state index contributed by atoms with van der Waals surface area (Å²) in [6.45, 7) is 4.36. The summed E-state index contributed by atoms with van der Waals surface area (Å²) in [6.07, 6.45) is 0.423. The summed E-state index contributed by atoms with van der Waals surface area (Å²) in [7, 11) is 0. The van der Waals surface area contributed by atoms with Gasteiger partial charge >= 0.3 is 0 Å². The fourth-order valence-corrected chi connectivity index (χ4v) is 3.65. The van der Waals surface area contributed by atoms with Crippen molar-refractivity contribution in [2.75, 3.05) is 19.9 Å². The lowest BCUT2D eigenvalue weighted by Gasteiger charge is -2.16. The van der Waals surface area contributed by atoms with Crippen LogP contribution in [-0.2, 0) is 13.0 Å². The van der Waals surface area contributed by atoms with Gasteiger partial charge in [0.1, 0.15) is 0 Å². The van der Waals surface area contributed by atoms with Crippen LogP contribution in [0.3, 0.4) is 0 Å². The van der Waals surface area contributed by atoms with Crippen LogP contribution in [0.1, 0.15) is 17.0 Å². The Morgan fingerprint density at radius 2 is 2.08 bits per heavy atom. The highest BCUT2D eigenvalue weighted by atomic mass is 35.5. The summed E-state index contributed by atoms with van der Waals surface area (Å²) in [4.78, 5) is 2.22. The van der Waals surface area contributed by atoms with Gasteiger partial charge in [0.15, 0.2) is 11.5 Å². The molecule has 2 aliphatic heterocycles. The van der Waals surface area contributed by atoms with Crippen molar-refractivity contribution in [3.05, 3.63) is 40.2 Å². The number of rotatable bonds is 4. The van der Waals surface area contributed by atoms with E-state index in [2.05, 4.69) is 15.1 Å². The Morgan fingerprint density at radius 3 is 2.83 bits per heavy atom. The first-order valence-electron chi connectivity index (χ1n) is 8.08. The maximum absolute atomic E-state index is 10.4. The fraction of sp³-hybridized carbons (Fsp3) is 0.471. The molecule has 24 heavy (non-hydrogen) atoms. The first-order valence-corrected chi connectivity index (χ1v) is 8.45. The van der Waals surface area contributed by atoms with E-state index in [9.17, 15) is 5.11 Å². The van der Waals surface area contributed by atoms with Crippen LogP contribution < -0.4 is 9.47 Å². The summed E-state index contributed by atoms with van der Waals surface area (Å²) in [5.74, 6) is 1.61. The lowest BCUT2D eigenvalue weighted by molar-refractivity contribution is 0.140. The van der Waals surface area contributed by atoms with E-state index in [1.54, 1.807) is 6.07 Å². The van der Waals surface area contributed by atoms with Crippen molar-refractivity contribution in [1.82, 2.24) is 15.1 Å². The van der Waals surface area contributed by atoms with Crippen LogP contribution in [0, 0.1) is 12.8 Å². The molecule has 0 amide bonds. The van der Waals surface area contributed by atoms with Gasteiger partial charge in [0.05, 0.1) is 11.8 Å². The largest absolute Gasteiger partial charge is 0.454 e. The molecule has 0 radical (unpaired) electrons. The second-order valence-corrected chi connectivity index (χ2v) is 6.97. The first kappa shape index (κ1) is 15.7. The maximum atomic E-state index is 10.4. The molecule has 1 saturated heterocycles. The Bertz CT molecular complexity index is 749. The maximum Gasteiger partial charge on any atom is 0.231 e. The van der Waals surface area contributed by atoms with Crippen LogP contribution in [0.5, 0.6) is 11.5 Å². The van der Waals surface area contributed by atoms with Crippen LogP contribution in [0.2, 0.25) is 5.02 Å². The molecule has 0 saturated carbocycles. The number of aromatic nitrogens is 2. The molecule has 1 aromatic carbocycles. The molecule has 0 spiro atoms. The Balaban J connectivity index is 1.43. The number of aliphatic hydroxyl groups is 1. The highest BCUT2D eigenvalue weighted by Crippen LogP contribution is 2.37. The molecule has 2 atom stereocenters. The first-order chi connectivity index (χ1) is 11.6. The zero-order chi connectivity index (χ0) is 16.7. The summed E-state index contributed by atoms with van der Waals surface area (Å²) in [6, 6.07) is 5.77. The lowest BCUT2D eigenvalue weighted by Crippen LogP contribution is -2.21. The zero-order valence-corrected chi connectivity index (χ0v) is 14.2. The third-order valence-electron chi connectivity index (χ3n) is 4.65. The molecule has 4 rings (SSSR count). The third kappa shape index (κ3) is 3.09. The third-order valence-corrected chi connectivity index (χ3v) is 5.00. The van der Waals surface area contributed by atoms with E-state index in [4.69, 9.17) is 21.1 Å². The molecule has 2 N–H and O–H groups in total. The van der Waals surface area contributed by atoms with E-state index in [0.717, 1.165) is 35.7 Å². The highest BCUT2D eigenvalue weighted by molar-refractivity contribution is 6.31. The quantitative estimate of drug-likeness (QED) is 0.885. The predicted molar refractivity (Wildman–Crippen MR) is 89.4 cm³/mol. The summed E-state index contributed by atoms with van der Waals surface area (Å²) in [5, 5.41) is 18.3. The van der Waals surface area contributed by atoms with Crippen molar-refractivity contribution in [3.8, 4) is 11.5 Å². The molecule has 0 unspecified atom stereocenters. The SMILES string of the molecule is Cc1cc(C[C@@H]2CN(Cc3cc4c(cc3Cl)OCO4)C[C@H]2O)n[nH]1. The second-order valence-electron chi connectivity index (χ2n) is 6.56. The normalized spacial score (nSPS) is 23.1. The average molecular weight is 350 g/mol.